The van der Waals surface area contributed by atoms with Crippen molar-refractivity contribution in [2.75, 3.05) is 6.54 Å². The smallest absolute Gasteiger partial charge is 0.0630 e. The maximum Gasteiger partial charge on any atom is 0.0630 e. The first-order chi connectivity index (χ1) is 10.0. The van der Waals surface area contributed by atoms with E-state index in [1.807, 2.05) is 0 Å². The molecule has 0 spiro atoms. The molecule has 0 radical (unpaired) electrons. The van der Waals surface area contributed by atoms with E-state index in [1.165, 1.54) is 25.0 Å². The van der Waals surface area contributed by atoms with Crippen molar-refractivity contribution in [2.24, 2.45) is 17.3 Å². The molecule has 2 aliphatic rings. The van der Waals surface area contributed by atoms with E-state index in [-0.39, 0.29) is 0 Å². The van der Waals surface area contributed by atoms with Crippen LogP contribution >= 0.6 is 0 Å². The van der Waals surface area contributed by atoms with Gasteiger partial charge in [0.2, 0.25) is 0 Å². The highest BCUT2D eigenvalue weighted by Crippen LogP contribution is 2.60. The summed E-state index contributed by atoms with van der Waals surface area (Å²) in [6, 6.07) is 3.34. The van der Waals surface area contributed by atoms with Crippen molar-refractivity contribution in [3.63, 3.8) is 0 Å². The minimum atomic E-state index is 0.465. The molecule has 1 aromatic heterocycles. The summed E-state index contributed by atoms with van der Waals surface area (Å²) < 4.78 is 2.15. The monoisotopic (exact) mass is 289 g/mol. The predicted octanol–water partition coefficient (Wildman–Crippen LogP) is 3.81. The fourth-order valence-electron chi connectivity index (χ4n) is 4.07. The van der Waals surface area contributed by atoms with Crippen LogP contribution in [0.3, 0.4) is 0 Å². The van der Waals surface area contributed by atoms with Gasteiger partial charge in [-0.1, -0.05) is 20.8 Å². The maximum absolute atomic E-state index is 4.85. The summed E-state index contributed by atoms with van der Waals surface area (Å²) in [5.74, 6) is 2.05. The van der Waals surface area contributed by atoms with Gasteiger partial charge in [-0.2, -0.15) is 5.10 Å². The van der Waals surface area contributed by atoms with Crippen LogP contribution in [0.4, 0.5) is 0 Å². The molecule has 21 heavy (non-hydrogen) atoms. The summed E-state index contributed by atoms with van der Waals surface area (Å²) in [7, 11) is 0. The van der Waals surface area contributed by atoms with Crippen LogP contribution in [0, 0.1) is 17.3 Å². The third-order valence-electron chi connectivity index (χ3n) is 5.61. The number of hydrogen-bond acceptors (Lipinski definition) is 2. The molecule has 1 aromatic rings. The lowest BCUT2D eigenvalue weighted by atomic mass is 9.78. The van der Waals surface area contributed by atoms with Gasteiger partial charge in [0.15, 0.2) is 0 Å². The second kappa shape index (κ2) is 5.75. The number of nitrogens with one attached hydrogen (secondary N) is 1. The normalized spacial score (nSPS) is 32.4. The van der Waals surface area contributed by atoms with Crippen molar-refractivity contribution in [3.05, 3.63) is 18.0 Å². The van der Waals surface area contributed by atoms with Crippen LogP contribution < -0.4 is 5.32 Å². The highest BCUT2D eigenvalue weighted by Gasteiger charge is 2.53. The average Bonchev–Trinajstić information content (AvgIpc) is 2.89. The molecule has 3 nitrogen and oxygen atoms in total. The minimum absolute atomic E-state index is 0.465. The van der Waals surface area contributed by atoms with Crippen LogP contribution in [-0.4, -0.2) is 22.4 Å². The summed E-state index contributed by atoms with van der Waals surface area (Å²) in [4.78, 5) is 0. The standard InChI is InChI=1S/C18H31N3/c1-5-14(4)21-7-6-17(20-21)11-18(12-19-13(2)3)9-15-8-16(15)10-18/h6-7,13-16,19H,5,8-12H2,1-4H3. The molecule has 0 bridgehead atoms. The molecule has 3 heteroatoms. The van der Waals surface area contributed by atoms with Gasteiger partial charge < -0.3 is 5.32 Å². The molecule has 0 amide bonds. The number of aromatic nitrogens is 2. The van der Waals surface area contributed by atoms with Crippen molar-refractivity contribution in [2.45, 2.75) is 71.9 Å². The molecule has 1 heterocycles. The van der Waals surface area contributed by atoms with Gasteiger partial charge in [-0.05, 0) is 62.3 Å². The molecule has 0 aliphatic heterocycles. The van der Waals surface area contributed by atoms with E-state index in [1.54, 1.807) is 0 Å². The van der Waals surface area contributed by atoms with Crippen LogP contribution in [0.2, 0.25) is 0 Å². The fraction of sp³-hybridized carbons (Fsp3) is 0.833. The van der Waals surface area contributed by atoms with Gasteiger partial charge >= 0.3 is 0 Å². The Hall–Kier alpha value is -0.830. The number of fused-ring (bicyclic) bond motifs is 1. The average molecular weight is 289 g/mol. The Morgan fingerprint density at radius 2 is 2.05 bits per heavy atom. The zero-order chi connectivity index (χ0) is 15.0. The second-order valence-electron chi connectivity index (χ2n) is 7.92. The van der Waals surface area contributed by atoms with Crippen molar-refractivity contribution < 1.29 is 0 Å². The highest BCUT2D eigenvalue weighted by molar-refractivity contribution is 5.11. The Bertz CT molecular complexity index is 467. The van der Waals surface area contributed by atoms with E-state index in [9.17, 15) is 0 Å². The van der Waals surface area contributed by atoms with E-state index < -0.39 is 0 Å². The number of rotatable bonds is 7. The minimum Gasteiger partial charge on any atom is -0.314 e. The van der Waals surface area contributed by atoms with Crippen LogP contribution in [0.15, 0.2) is 12.3 Å². The van der Waals surface area contributed by atoms with E-state index >= 15 is 0 Å². The Morgan fingerprint density at radius 1 is 1.33 bits per heavy atom. The SMILES string of the molecule is CCC(C)n1ccc(CC2(CNC(C)C)CC3CC3C2)n1. The molecule has 2 fully saturated rings. The number of nitrogens with zero attached hydrogens (tertiary/aromatic N) is 2. The largest absolute Gasteiger partial charge is 0.314 e. The lowest BCUT2D eigenvalue weighted by Gasteiger charge is -2.31. The lowest BCUT2D eigenvalue weighted by molar-refractivity contribution is 0.238. The molecule has 3 atom stereocenters. The lowest BCUT2D eigenvalue weighted by Crippen LogP contribution is -2.38. The first-order valence-corrected chi connectivity index (χ1v) is 8.79. The van der Waals surface area contributed by atoms with Gasteiger partial charge in [0.05, 0.1) is 5.69 Å². The first kappa shape index (κ1) is 15.1. The molecule has 0 saturated heterocycles. The zero-order valence-electron chi connectivity index (χ0n) is 14.1. The molecule has 2 saturated carbocycles. The fourth-order valence-corrected chi connectivity index (χ4v) is 4.07. The van der Waals surface area contributed by atoms with Crippen LogP contribution in [-0.2, 0) is 6.42 Å². The van der Waals surface area contributed by atoms with Crippen LogP contribution in [0.25, 0.3) is 0 Å². The number of hydrogen-bond donors (Lipinski definition) is 1. The predicted molar refractivity (Wildman–Crippen MR) is 87.3 cm³/mol. The molecular weight excluding hydrogens is 258 g/mol. The third-order valence-corrected chi connectivity index (χ3v) is 5.61. The van der Waals surface area contributed by atoms with Gasteiger partial charge in [-0.3, -0.25) is 4.68 Å². The zero-order valence-corrected chi connectivity index (χ0v) is 14.1. The van der Waals surface area contributed by atoms with Crippen molar-refractivity contribution in [1.82, 2.24) is 15.1 Å². The summed E-state index contributed by atoms with van der Waals surface area (Å²) in [6.45, 7) is 10.1. The molecule has 118 valence electrons. The quantitative estimate of drug-likeness (QED) is 0.827. The van der Waals surface area contributed by atoms with Gasteiger partial charge in [0.25, 0.3) is 0 Å². The molecule has 3 unspecified atom stereocenters. The van der Waals surface area contributed by atoms with Crippen molar-refractivity contribution >= 4 is 0 Å². The van der Waals surface area contributed by atoms with Gasteiger partial charge in [0, 0.05) is 24.8 Å². The molecule has 1 N–H and O–H groups in total. The summed E-state index contributed by atoms with van der Waals surface area (Å²) >= 11 is 0. The van der Waals surface area contributed by atoms with Crippen molar-refractivity contribution in [3.8, 4) is 0 Å². The summed E-state index contributed by atoms with van der Waals surface area (Å²) in [5, 5.41) is 8.54. The highest BCUT2D eigenvalue weighted by atomic mass is 15.3. The molecule has 2 aliphatic carbocycles. The molecule has 0 aromatic carbocycles. The summed E-state index contributed by atoms with van der Waals surface area (Å²) in [6.07, 6.45) is 8.78. The Kier molecular flexibility index (Phi) is 4.13. The summed E-state index contributed by atoms with van der Waals surface area (Å²) in [5.41, 5.74) is 1.76. The van der Waals surface area contributed by atoms with Crippen LogP contribution in [0.1, 0.15) is 65.1 Å². The molecule has 3 rings (SSSR count). The van der Waals surface area contributed by atoms with E-state index in [2.05, 4.69) is 50.0 Å². The Balaban J connectivity index is 1.68. The van der Waals surface area contributed by atoms with E-state index in [0.29, 0.717) is 17.5 Å². The van der Waals surface area contributed by atoms with Crippen molar-refractivity contribution in [1.29, 1.82) is 0 Å². The first-order valence-electron chi connectivity index (χ1n) is 8.79. The topological polar surface area (TPSA) is 29.9 Å². The molecular formula is C18H31N3. The second-order valence-corrected chi connectivity index (χ2v) is 7.92. The van der Waals surface area contributed by atoms with E-state index in [4.69, 9.17) is 5.10 Å². The Labute approximate surface area is 129 Å². The van der Waals surface area contributed by atoms with Gasteiger partial charge in [-0.15, -0.1) is 0 Å². The van der Waals surface area contributed by atoms with Gasteiger partial charge in [0.1, 0.15) is 0 Å². The maximum atomic E-state index is 4.85. The third kappa shape index (κ3) is 3.33. The van der Waals surface area contributed by atoms with Gasteiger partial charge in [-0.25, -0.2) is 0 Å². The van der Waals surface area contributed by atoms with E-state index in [0.717, 1.165) is 31.2 Å². The van der Waals surface area contributed by atoms with Crippen LogP contribution in [0.5, 0.6) is 0 Å². The Morgan fingerprint density at radius 3 is 2.67 bits per heavy atom.